The maximum atomic E-state index is 9.10. The van der Waals surface area contributed by atoms with E-state index in [2.05, 4.69) is 5.32 Å². The van der Waals surface area contributed by atoms with Crippen molar-refractivity contribution in [2.45, 2.75) is 20.4 Å². The molecule has 1 aromatic carbocycles. The Hall–Kier alpha value is -0.280. The second-order valence-corrected chi connectivity index (χ2v) is 5.58. The fourth-order valence-corrected chi connectivity index (χ4v) is 1.89. The van der Waals surface area contributed by atoms with Crippen LogP contribution in [-0.2, 0) is 6.54 Å². The molecule has 1 rings (SSSR count). The number of aliphatic hydroxyl groups is 1. The Morgan fingerprint density at radius 1 is 1.19 bits per heavy atom. The summed E-state index contributed by atoms with van der Waals surface area (Å²) in [4.78, 5) is 0. The fraction of sp³-hybridized carbons (Fsp3) is 0.500. The van der Waals surface area contributed by atoms with Gasteiger partial charge in [-0.05, 0) is 23.8 Å². The van der Waals surface area contributed by atoms with Gasteiger partial charge in [-0.1, -0.05) is 37.0 Å². The van der Waals surface area contributed by atoms with Crippen LogP contribution in [0.4, 0.5) is 0 Å². The zero-order valence-corrected chi connectivity index (χ0v) is 11.1. The van der Waals surface area contributed by atoms with Gasteiger partial charge in [0.15, 0.2) is 0 Å². The summed E-state index contributed by atoms with van der Waals surface area (Å²) in [6, 6.07) is 5.48. The van der Waals surface area contributed by atoms with E-state index in [-0.39, 0.29) is 12.0 Å². The molecule has 0 heterocycles. The molecule has 0 aliphatic rings. The highest BCUT2D eigenvalue weighted by atomic mass is 35.5. The zero-order valence-electron chi connectivity index (χ0n) is 9.56. The molecule has 0 saturated carbocycles. The molecular weight excluding hydrogens is 245 g/mol. The summed E-state index contributed by atoms with van der Waals surface area (Å²) >= 11 is 11.8. The highest BCUT2D eigenvalue weighted by molar-refractivity contribution is 6.34. The molecule has 0 bridgehead atoms. The average Bonchev–Trinajstić information content (AvgIpc) is 2.16. The first kappa shape index (κ1) is 13.8. The quantitative estimate of drug-likeness (QED) is 0.854. The van der Waals surface area contributed by atoms with Crippen molar-refractivity contribution in [3.63, 3.8) is 0 Å². The first-order valence-corrected chi connectivity index (χ1v) is 5.95. The van der Waals surface area contributed by atoms with Gasteiger partial charge in [-0.2, -0.15) is 0 Å². The molecule has 0 atom stereocenters. The first-order valence-electron chi connectivity index (χ1n) is 5.19. The van der Waals surface area contributed by atoms with Crippen molar-refractivity contribution in [3.8, 4) is 0 Å². The fourth-order valence-electron chi connectivity index (χ4n) is 1.31. The molecule has 0 fully saturated rings. The summed E-state index contributed by atoms with van der Waals surface area (Å²) in [5, 5.41) is 13.7. The van der Waals surface area contributed by atoms with E-state index in [1.807, 2.05) is 26.0 Å². The number of hydrogen-bond donors (Lipinski definition) is 2. The number of aliphatic hydroxyl groups excluding tert-OH is 1. The maximum absolute atomic E-state index is 9.10. The lowest BCUT2D eigenvalue weighted by Crippen LogP contribution is -2.31. The van der Waals surface area contributed by atoms with Gasteiger partial charge < -0.3 is 10.4 Å². The van der Waals surface area contributed by atoms with Crippen molar-refractivity contribution >= 4 is 23.2 Å². The van der Waals surface area contributed by atoms with Crippen LogP contribution in [0.1, 0.15) is 19.4 Å². The van der Waals surface area contributed by atoms with Crippen LogP contribution in [0.25, 0.3) is 0 Å². The van der Waals surface area contributed by atoms with E-state index in [1.165, 1.54) is 0 Å². The molecular formula is C12H17Cl2NO. The SMILES string of the molecule is CC(C)(CO)CNCc1cc(Cl)cc(Cl)c1. The van der Waals surface area contributed by atoms with Crippen LogP contribution < -0.4 is 5.32 Å². The van der Waals surface area contributed by atoms with Crippen LogP contribution in [0.3, 0.4) is 0 Å². The van der Waals surface area contributed by atoms with E-state index >= 15 is 0 Å². The van der Waals surface area contributed by atoms with Crippen molar-refractivity contribution in [3.05, 3.63) is 33.8 Å². The number of benzene rings is 1. The molecule has 16 heavy (non-hydrogen) atoms. The van der Waals surface area contributed by atoms with Gasteiger partial charge in [-0.3, -0.25) is 0 Å². The van der Waals surface area contributed by atoms with Crippen LogP contribution >= 0.6 is 23.2 Å². The molecule has 0 radical (unpaired) electrons. The molecule has 0 saturated heterocycles. The molecule has 0 aliphatic carbocycles. The topological polar surface area (TPSA) is 32.3 Å². The normalized spacial score (nSPS) is 11.8. The van der Waals surface area contributed by atoms with Gasteiger partial charge >= 0.3 is 0 Å². The summed E-state index contributed by atoms with van der Waals surface area (Å²) in [6.45, 7) is 5.61. The number of hydrogen-bond acceptors (Lipinski definition) is 2. The molecule has 1 aromatic rings. The minimum Gasteiger partial charge on any atom is -0.396 e. The van der Waals surface area contributed by atoms with Crippen LogP contribution in [0.5, 0.6) is 0 Å². The summed E-state index contributed by atoms with van der Waals surface area (Å²) < 4.78 is 0. The Balaban J connectivity index is 2.49. The Labute approximate surface area is 107 Å². The van der Waals surface area contributed by atoms with Gasteiger partial charge in [-0.25, -0.2) is 0 Å². The lowest BCUT2D eigenvalue weighted by molar-refractivity contribution is 0.156. The Morgan fingerprint density at radius 3 is 2.25 bits per heavy atom. The summed E-state index contributed by atoms with van der Waals surface area (Å²) in [6.07, 6.45) is 0. The second kappa shape index (κ2) is 5.87. The second-order valence-electron chi connectivity index (χ2n) is 4.70. The standard InChI is InChI=1S/C12H17Cl2NO/c1-12(2,8-16)7-15-6-9-3-10(13)5-11(14)4-9/h3-5,15-16H,6-8H2,1-2H3. The third-order valence-corrected chi connectivity index (χ3v) is 2.72. The minimum absolute atomic E-state index is 0.109. The largest absolute Gasteiger partial charge is 0.396 e. The maximum Gasteiger partial charge on any atom is 0.0494 e. The van der Waals surface area contributed by atoms with E-state index in [9.17, 15) is 0 Å². The first-order chi connectivity index (χ1) is 7.43. The van der Waals surface area contributed by atoms with Gasteiger partial charge in [0.2, 0.25) is 0 Å². The van der Waals surface area contributed by atoms with E-state index in [4.69, 9.17) is 28.3 Å². The minimum atomic E-state index is -0.109. The molecule has 2 nitrogen and oxygen atoms in total. The third kappa shape index (κ3) is 4.71. The highest BCUT2D eigenvalue weighted by Crippen LogP contribution is 2.19. The zero-order chi connectivity index (χ0) is 12.2. The number of halogens is 2. The molecule has 90 valence electrons. The number of nitrogens with one attached hydrogen (secondary N) is 1. The third-order valence-electron chi connectivity index (χ3n) is 2.28. The van der Waals surface area contributed by atoms with Gasteiger partial charge in [0.25, 0.3) is 0 Å². The summed E-state index contributed by atoms with van der Waals surface area (Å²) in [5.74, 6) is 0. The molecule has 0 aliphatic heterocycles. The van der Waals surface area contributed by atoms with Gasteiger partial charge in [0.1, 0.15) is 0 Å². The highest BCUT2D eigenvalue weighted by Gasteiger charge is 2.15. The molecule has 4 heteroatoms. The van der Waals surface area contributed by atoms with Crippen LogP contribution in [0, 0.1) is 5.41 Å². The van der Waals surface area contributed by atoms with E-state index < -0.39 is 0 Å². The number of rotatable bonds is 5. The van der Waals surface area contributed by atoms with E-state index in [0.29, 0.717) is 16.6 Å². The molecule has 0 spiro atoms. The predicted molar refractivity (Wildman–Crippen MR) is 69.0 cm³/mol. The molecule has 0 amide bonds. The van der Waals surface area contributed by atoms with Crippen molar-refractivity contribution in [2.24, 2.45) is 5.41 Å². The molecule has 0 unspecified atom stereocenters. The lowest BCUT2D eigenvalue weighted by atomic mass is 9.95. The monoisotopic (exact) mass is 261 g/mol. The smallest absolute Gasteiger partial charge is 0.0494 e. The summed E-state index contributed by atoms with van der Waals surface area (Å²) in [5.41, 5.74) is 0.939. The Kier molecular flexibility index (Phi) is 5.06. The van der Waals surface area contributed by atoms with Crippen LogP contribution in [0.15, 0.2) is 18.2 Å². The van der Waals surface area contributed by atoms with Crippen LogP contribution in [-0.4, -0.2) is 18.3 Å². The van der Waals surface area contributed by atoms with Gasteiger partial charge in [0.05, 0.1) is 0 Å². The van der Waals surface area contributed by atoms with Crippen molar-refractivity contribution in [1.29, 1.82) is 0 Å². The average molecular weight is 262 g/mol. The van der Waals surface area contributed by atoms with Crippen molar-refractivity contribution < 1.29 is 5.11 Å². The lowest BCUT2D eigenvalue weighted by Gasteiger charge is -2.22. The predicted octanol–water partition coefficient (Wildman–Crippen LogP) is 3.10. The van der Waals surface area contributed by atoms with Gasteiger partial charge in [0, 0.05) is 35.2 Å². The van der Waals surface area contributed by atoms with Gasteiger partial charge in [-0.15, -0.1) is 0 Å². The molecule has 2 N–H and O–H groups in total. The van der Waals surface area contributed by atoms with E-state index in [0.717, 1.165) is 12.1 Å². The summed E-state index contributed by atoms with van der Waals surface area (Å²) in [7, 11) is 0. The van der Waals surface area contributed by atoms with Crippen LogP contribution in [0.2, 0.25) is 10.0 Å². The van der Waals surface area contributed by atoms with Crippen molar-refractivity contribution in [1.82, 2.24) is 5.32 Å². The molecule has 0 aromatic heterocycles. The Morgan fingerprint density at radius 2 is 1.75 bits per heavy atom. The van der Waals surface area contributed by atoms with Crippen molar-refractivity contribution in [2.75, 3.05) is 13.2 Å². The van der Waals surface area contributed by atoms with E-state index in [1.54, 1.807) is 6.07 Å². The Bertz CT molecular complexity index is 333.